The summed E-state index contributed by atoms with van der Waals surface area (Å²) in [5.41, 5.74) is 5.65. The molecule has 4 amide bonds. The average molecular weight is 707 g/mol. The molecular formula is C41H50N6O5. The maximum absolute atomic E-state index is 14.3. The minimum Gasteiger partial charge on any atom is -0.465 e. The third-order valence-electron chi connectivity index (χ3n) is 9.39. The zero-order valence-corrected chi connectivity index (χ0v) is 30.6. The molecule has 4 aromatic rings. The van der Waals surface area contributed by atoms with E-state index in [0.29, 0.717) is 26.1 Å². The van der Waals surface area contributed by atoms with E-state index >= 15 is 0 Å². The van der Waals surface area contributed by atoms with Crippen molar-refractivity contribution in [2.45, 2.75) is 84.7 Å². The van der Waals surface area contributed by atoms with Crippen LogP contribution in [-0.4, -0.2) is 85.3 Å². The molecule has 11 heteroatoms. The number of benzene rings is 2. The van der Waals surface area contributed by atoms with Crippen LogP contribution in [0.5, 0.6) is 0 Å². The van der Waals surface area contributed by atoms with Crippen molar-refractivity contribution in [3.8, 4) is 11.3 Å². The fourth-order valence-electron chi connectivity index (χ4n) is 6.85. The summed E-state index contributed by atoms with van der Waals surface area (Å²) in [5, 5.41) is 27.0. The van der Waals surface area contributed by atoms with Gasteiger partial charge in [-0.25, -0.2) is 9.59 Å². The van der Waals surface area contributed by atoms with E-state index < -0.39 is 35.7 Å². The highest BCUT2D eigenvalue weighted by Gasteiger charge is 2.44. The number of aliphatic hydroxyl groups excluding tert-OH is 1. The first-order valence-corrected chi connectivity index (χ1v) is 17.8. The van der Waals surface area contributed by atoms with E-state index in [2.05, 4.69) is 20.6 Å². The van der Waals surface area contributed by atoms with Gasteiger partial charge in [-0.15, -0.1) is 0 Å². The van der Waals surface area contributed by atoms with Gasteiger partial charge < -0.3 is 30.6 Å². The van der Waals surface area contributed by atoms with Gasteiger partial charge in [0.05, 0.1) is 30.1 Å². The summed E-state index contributed by atoms with van der Waals surface area (Å²) < 4.78 is 0. The zero-order valence-electron chi connectivity index (χ0n) is 30.6. The van der Waals surface area contributed by atoms with E-state index in [1.165, 1.54) is 0 Å². The number of hydrogen-bond acceptors (Lipinski definition) is 6. The molecule has 1 aliphatic rings. The quantitative estimate of drug-likeness (QED) is 0.130. The molecule has 0 radical (unpaired) electrons. The molecule has 1 saturated heterocycles. The van der Waals surface area contributed by atoms with Crippen LogP contribution in [0, 0.1) is 19.3 Å². The normalized spacial score (nSPS) is 15.5. The molecule has 274 valence electrons. The van der Waals surface area contributed by atoms with Crippen LogP contribution in [0.2, 0.25) is 0 Å². The molecule has 0 bridgehead atoms. The third kappa shape index (κ3) is 10.2. The number of pyridine rings is 2. The Balaban J connectivity index is 1.33. The second-order valence-electron chi connectivity index (χ2n) is 14.8. The lowest BCUT2D eigenvalue weighted by Gasteiger charge is -2.38. The molecule has 0 saturated carbocycles. The summed E-state index contributed by atoms with van der Waals surface area (Å²) >= 11 is 0. The predicted octanol–water partition coefficient (Wildman–Crippen LogP) is 5.77. The fraction of sp³-hybridized carbons (Fsp3) is 0.390. The molecule has 11 nitrogen and oxygen atoms in total. The summed E-state index contributed by atoms with van der Waals surface area (Å²) in [6.07, 6.45) is 0.133. The Morgan fingerprint density at radius 1 is 0.865 bits per heavy atom. The summed E-state index contributed by atoms with van der Waals surface area (Å²) in [7, 11) is 0. The molecule has 0 spiro atoms. The summed E-state index contributed by atoms with van der Waals surface area (Å²) in [4.78, 5) is 52.3. The smallest absolute Gasteiger partial charge is 0.404 e. The van der Waals surface area contributed by atoms with Crippen molar-refractivity contribution in [1.29, 1.82) is 0 Å². The lowest BCUT2D eigenvalue weighted by molar-refractivity contribution is -0.129. The molecule has 4 atom stereocenters. The first-order chi connectivity index (χ1) is 24.8. The molecule has 2 aromatic carbocycles. The van der Waals surface area contributed by atoms with Crippen molar-refractivity contribution < 1.29 is 24.6 Å². The molecule has 52 heavy (non-hydrogen) atoms. The second-order valence-corrected chi connectivity index (χ2v) is 14.8. The van der Waals surface area contributed by atoms with Crippen LogP contribution in [0.3, 0.4) is 0 Å². The molecule has 3 heterocycles. The number of carbonyl (C=O) groups is 3. The topological polar surface area (TPSA) is 148 Å². The Bertz CT molecular complexity index is 1810. The number of carboxylic acid groups (broad SMARTS) is 1. The van der Waals surface area contributed by atoms with Gasteiger partial charge in [0, 0.05) is 36.6 Å². The number of rotatable bonds is 14. The molecule has 0 aliphatic carbocycles. The maximum Gasteiger partial charge on any atom is 0.404 e. The molecular weight excluding hydrogens is 656 g/mol. The number of nitrogens with zero attached hydrogens (tertiary/aromatic N) is 4. The summed E-state index contributed by atoms with van der Waals surface area (Å²) in [6, 6.07) is 24.5. The number of nitrogens with one attached hydrogen (secondary N) is 2. The first-order valence-electron chi connectivity index (χ1n) is 17.8. The fourth-order valence-corrected chi connectivity index (χ4v) is 6.85. The SMILES string of the molecule is Cc1ccc(-c2ccc(C[C@H](NC(=O)O)[C@H](O)C[C@H](Cc3ccccc3)NC(=O)[C@@H](N3CCN(Cc4cccc(C)n4)C3=O)C(C)(C)C)cc2)nc1. The molecule has 4 N–H and O–H groups in total. The number of aryl methyl sites for hydroxylation is 2. The monoisotopic (exact) mass is 706 g/mol. The number of hydrogen-bond donors (Lipinski definition) is 4. The number of amides is 4. The lowest BCUT2D eigenvalue weighted by atomic mass is 9.84. The van der Waals surface area contributed by atoms with Crippen molar-refractivity contribution in [1.82, 2.24) is 30.4 Å². The van der Waals surface area contributed by atoms with Crippen molar-refractivity contribution in [3.63, 3.8) is 0 Å². The van der Waals surface area contributed by atoms with Crippen LogP contribution in [0.4, 0.5) is 9.59 Å². The van der Waals surface area contributed by atoms with Gasteiger partial charge in [0.2, 0.25) is 5.91 Å². The maximum atomic E-state index is 14.3. The Morgan fingerprint density at radius 3 is 2.21 bits per heavy atom. The highest BCUT2D eigenvalue weighted by Crippen LogP contribution is 2.29. The Hall–Kier alpha value is -5.29. The third-order valence-corrected chi connectivity index (χ3v) is 9.39. The Labute approximate surface area is 306 Å². The largest absolute Gasteiger partial charge is 0.465 e. The van der Waals surface area contributed by atoms with Crippen molar-refractivity contribution in [3.05, 3.63) is 119 Å². The van der Waals surface area contributed by atoms with Gasteiger partial charge in [-0.1, -0.05) is 87.5 Å². The van der Waals surface area contributed by atoms with E-state index in [4.69, 9.17) is 0 Å². The van der Waals surface area contributed by atoms with Crippen LogP contribution in [0.25, 0.3) is 11.3 Å². The van der Waals surface area contributed by atoms with Crippen molar-refractivity contribution in [2.75, 3.05) is 13.1 Å². The average Bonchev–Trinajstić information content (AvgIpc) is 3.43. The van der Waals surface area contributed by atoms with Crippen LogP contribution >= 0.6 is 0 Å². The van der Waals surface area contributed by atoms with Crippen molar-refractivity contribution in [2.24, 2.45) is 5.41 Å². The minimum absolute atomic E-state index is 0.0763. The highest BCUT2D eigenvalue weighted by atomic mass is 16.4. The number of carbonyl (C=O) groups excluding carboxylic acids is 2. The Kier molecular flexibility index (Phi) is 12.3. The number of urea groups is 1. The molecule has 1 fully saturated rings. The van der Waals surface area contributed by atoms with Gasteiger partial charge in [-0.2, -0.15) is 0 Å². The van der Waals surface area contributed by atoms with E-state index in [0.717, 1.165) is 39.3 Å². The van der Waals surface area contributed by atoms with Gasteiger partial charge in [0.15, 0.2) is 0 Å². The van der Waals surface area contributed by atoms with Gasteiger partial charge >= 0.3 is 12.1 Å². The summed E-state index contributed by atoms with van der Waals surface area (Å²) in [5.74, 6) is -0.326. The van der Waals surface area contributed by atoms with Crippen LogP contribution in [0.15, 0.2) is 91.1 Å². The molecule has 2 aromatic heterocycles. The van der Waals surface area contributed by atoms with Crippen LogP contribution in [-0.2, 0) is 24.2 Å². The molecule has 1 aliphatic heterocycles. The number of aromatic nitrogens is 2. The minimum atomic E-state index is -1.25. The lowest BCUT2D eigenvalue weighted by Crippen LogP contribution is -2.57. The van der Waals surface area contributed by atoms with Crippen LogP contribution < -0.4 is 10.6 Å². The van der Waals surface area contributed by atoms with E-state index in [1.54, 1.807) is 9.80 Å². The van der Waals surface area contributed by atoms with Crippen LogP contribution in [0.1, 0.15) is 55.3 Å². The van der Waals surface area contributed by atoms with E-state index in [1.807, 2.05) is 126 Å². The van der Waals surface area contributed by atoms with Gasteiger partial charge in [-0.3, -0.25) is 14.8 Å². The summed E-state index contributed by atoms with van der Waals surface area (Å²) in [6.45, 7) is 10.9. The van der Waals surface area contributed by atoms with Gasteiger partial charge in [0.25, 0.3) is 0 Å². The highest BCUT2D eigenvalue weighted by molar-refractivity contribution is 5.89. The van der Waals surface area contributed by atoms with E-state index in [-0.39, 0.29) is 24.8 Å². The zero-order chi connectivity index (χ0) is 37.4. The standard InChI is InChI=1S/C41H50N6O5/c1-27-14-19-34(42-25-27)31-17-15-30(16-18-31)23-35(45-39(50)51)36(48)24-33(22-29-11-7-6-8-12-29)44-38(49)37(41(3,4)5)47-21-20-46(40(47)52)26-32-13-9-10-28(2)43-32/h6-19,25,33,35-37,45,48H,20-24,26H2,1-5H3,(H,44,49)(H,50,51)/t33-,35-,36+,37+/m0/s1. The van der Waals surface area contributed by atoms with Gasteiger partial charge in [0.1, 0.15) is 6.04 Å². The number of aliphatic hydroxyl groups is 1. The Morgan fingerprint density at radius 2 is 1.58 bits per heavy atom. The molecule has 0 unspecified atom stereocenters. The van der Waals surface area contributed by atoms with E-state index in [9.17, 15) is 24.6 Å². The van der Waals surface area contributed by atoms with Gasteiger partial charge in [-0.05, 0) is 73.4 Å². The first kappa shape index (κ1) is 38.0. The predicted molar refractivity (Wildman–Crippen MR) is 200 cm³/mol. The van der Waals surface area contributed by atoms with Crippen molar-refractivity contribution >= 4 is 18.0 Å². The molecule has 5 rings (SSSR count). The second kappa shape index (κ2) is 16.8.